The number of hydrogen-bond donors (Lipinski definition) is 1. The average molecular weight is 395 g/mol. The normalized spacial score (nSPS) is 13.1. The van der Waals surface area contributed by atoms with Gasteiger partial charge in [0, 0.05) is 12.0 Å². The fourth-order valence-corrected chi connectivity index (χ4v) is 2.98. The van der Waals surface area contributed by atoms with Gasteiger partial charge in [0.15, 0.2) is 0 Å². The Morgan fingerprint density at radius 1 is 0.929 bits per heavy atom. The van der Waals surface area contributed by atoms with Crippen molar-refractivity contribution >= 4 is 11.9 Å². The smallest absolute Gasteiger partial charge is 0.341 e. The lowest BCUT2D eigenvalue weighted by Gasteiger charge is -2.07. The summed E-state index contributed by atoms with van der Waals surface area (Å²) in [6.07, 6.45) is 19.6. The third-order valence-corrected chi connectivity index (χ3v) is 4.76. The summed E-state index contributed by atoms with van der Waals surface area (Å²) in [5, 5.41) is 9.89. The van der Waals surface area contributed by atoms with Crippen molar-refractivity contribution in [3.8, 4) is 0 Å². The molecule has 28 heavy (non-hydrogen) atoms. The maximum absolute atomic E-state index is 11.6. The van der Waals surface area contributed by atoms with Crippen molar-refractivity contribution in [3.05, 3.63) is 23.8 Å². The van der Waals surface area contributed by atoms with E-state index in [0.717, 1.165) is 64.2 Å². The van der Waals surface area contributed by atoms with Gasteiger partial charge in [-0.05, 0) is 45.4 Å². The van der Waals surface area contributed by atoms with Crippen LogP contribution >= 0.6 is 0 Å². The second-order valence-corrected chi connectivity index (χ2v) is 7.57. The molecule has 0 radical (unpaired) electrons. The Morgan fingerprint density at radius 2 is 1.61 bits per heavy atom. The molecule has 0 amide bonds. The summed E-state index contributed by atoms with van der Waals surface area (Å²) < 4.78 is 4.82. The lowest BCUT2D eigenvalue weighted by molar-refractivity contribution is -0.156. The molecule has 4 nitrogen and oxygen atoms in total. The fourth-order valence-electron chi connectivity index (χ4n) is 2.98. The van der Waals surface area contributed by atoms with Gasteiger partial charge in [-0.15, -0.1) is 0 Å². The molecule has 0 aliphatic heterocycles. The molecule has 0 aromatic carbocycles. The highest BCUT2D eigenvalue weighted by Crippen LogP contribution is 2.11. The van der Waals surface area contributed by atoms with Crippen LogP contribution in [0.5, 0.6) is 0 Å². The highest BCUT2D eigenvalue weighted by atomic mass is 16.6. The topological polar surface area (TPSA) is 63.6 Å². The SMILES string of the molecule is CCC=C(C)C(=O)OC(=O)CCCCCCC/C=C\C[C@H](O)CCCCCC. The van der Waals surface area contributed by atoms with E-state index < -0.39 is 11.9 Å². The van der Waals surface area contributed by atoms with Gasteiger partial charge in [-0.3, -0.25) is 4.79 Å². The minimum absolute atomic E-state index is 0.194. The number of allylic oxidation sites excluding steroid dienone is 2. The van der Waals surface area contributed by atoms with Gasteiger partial charge in [-0.1, -0.05) is 77.0 Å². The van der Waals surface area contributed by atoms with E-state index in [2.05, 4.69) is 19.1 Å². The van der Waals surface area contributed by atoms with E-state index in [4.69, 9.17) is 4.74 Å². The third-order valence-electron chi connectivity index (χ3n) is 4.76. The Kier molecular flexibility index (Phi) is 18.0. The molecule has 0 aromatic rings. The number of ether oxygens (including phenoxy) is 1. The molecular weight excluding hydrogens is 352 g/mol. The highest BCUT2D eigenvalue weighted by Gasteiger charge is 2.11. The number of hydrogen-bond acceptors (Lipinski definition) is 4. The van der Waals surface area contributed by atoms with Crippen LogP contribution in [0.3, 0.4) is 0 Å². The van der Waals surface area contributed by atoms with Gasteiger partial charge in [-0.25, -0.2) is 4.79 Å². The molecule has 0 aliphatic carbocycles. The van der Waals surface area contributed by atoms with Gasteiger partial charge in [0.05, 0.1) is 6.10 Å². The number of unbranched alkanes of at least 4 members (excludes halogenated alkanes) is 8. The Balaban J connectivity index is 3.53. The molecule has 0 fully saturated rings. The predicted octanol–water partition coefficient (Wildman–Crippen LogP) is 6.42. The average Bonchev–Trinajstić information content (AvgIpc) is 2.66. The van der Waals surface area contributed by atoms with Crippen LogP contribution in [-0.4, -0.2) is 23.1 Å². The summed E-state index contributed by atoms with van der Waals surface area (Å²) in [5.74, 6) is -0.949. The summed E-state index contributed by atoms with van der Waals surface area (Å²) >= 11 is 0. The maximum atomic E-state index is 11.6. The van der Waals surface area contributed by atoms with Crippen LogP contribution in [-0.2, 0) is 14.3 Å². The molecule has 0 aliphatic rings. The Hall–Kier alpha value is -1.42. The molecule has 0 saturated heterocycles. The lowest BCUT2D eigenvalue weighted by atomic mass is 10.1. The maximum Gasteiger partial charge on any atom is 0.341 e. The molecule has 0 spiro atoms. The summed E-state index contributed by atoms with van der Waals surface area (Å²) in [5.41, 5.74) is 0.493. The van der Waals surface area contributed by atoms with Gasteiger partial charge >= 0.3 is 11.9 Å². The molecule has 0 saturated carbocycles. The first kappa shape index (κ1) is 26.6. The van der Waals surface area contributed by atoms with Crippen LogP contribution in [0, 0.1) is 0 Å². The fraction of sp³-hybridized carbons (Fsp3) is 0.750. The molecular formula is C24H42O4. The van der Waals surface area contributed by atoms with E-state index >= 15 is 0 Å². The van der Waals surface area contributed by atoms with E-state index in [-0.39, 0.29) is 6.10 Å². The summed E-state index contributed by atoms with van der Waals surface area (Å²) in [7, 11) is 0. The summed E-state index contributed by atoms with van der Waals surface area (Å²) in [6, 6.07) is 0. The van der Waals surface area contributed by atoms with Crippen LogP contribution in [0.25, 0.3) is 0 Å². The first-order valence-corrected chi connectivity index (χ1v) is 11.3. The first-order valence-electron chi connectivity index (χ1n) is 11.3. The van der Waals surface area contributed by atoms with Crippen LogP contribution in [0.4, 0.5) is 0 Å². The molecule has 4 heteroatoms. The quantitative estimate of drug-likeness (QED) is 0.102. The van der Waals surface area contributed by atoms with Gasteiger partial charge in [0.25, 0.3) is 0 Å². The third kappa shape index (κ3) is 16.7. The zero-order valence-corrected chi connectivity index (χ0v) is 18.4. The van der Waals surface area contributed by atoms with Crippen molar-refractivity contribution in [2.24, 2.45) is 0 Å². The van der Waals surface area contributed by atoms with Crippen molar-refractivity contribution in [1.29, 1.82) is 0 Å². The number of carbonyl (C=O) groups is 2. The van der Waals surface area contributed by atoms with Crippen molar-refractivity contribution < 1.29 is 19.4 Å². The van der Waals surface area contributed by atoms with Gasteiger partial charge in [0.2, 0.25) is 0 Å². The Labute approximate surface area is 172 Å². The van der Waals surface area contributed by atoms with Crippen LogP contribution < -0.4 is 0 Å². The number of aliphatic hydroxyl groups excluding tert-OH is 1. The van der Waals surface area contributed by atoms with Gasteiger partial charge in [0.1, 0.15) is 0 Å². The minimum Gasteiger partial charge on any atom is -0.393 e. The van der Waals surface area contributed by atoms with Crippen molar-refractivity contribution in [1.82, 2.24) is 0 Å². The van der Waals surface area contributed by atoms with Crippen molar-refractivity contribution in [2.75, 3.05) is 0 Å². The van der Waals surface area contributed by atoms with Crippen molar-refractivity contribution in [2.45, 2.75) is 117 Å². The Bertz CT molecular complexity index is 465. The molecule has 0 heterocycles. The second-order valence-electron chi connectivity index (χ2n) is 7.57. The molecule has 0 rings (SSSR count). The van der Waals surface area contributed by atoms with E-state index in [1.54, 1.807) is 13.0 Å². The Morgan fingerprint density at radius 3 is 2.32 bits per heavy atom. The highest BCUT2D eigenvalue weighted by molar-refractivity contribution is 5.95. The molecule has 162 valence electrons. The first-order chi connectivity index (χ1) is 13.5. The van der Waals surface area contributed by atoms with E-state index in [1.165, 1.54) is 19.3 Å². The van der Waals surface area contributed by atoms with Crippen LogP contribution in [0.2, 0.25) is 0 Å². The lowest BCUT2D eigenvalue weighted by Crippen LogP contribution is -2.12. The van der Waals surface area contributed by atoms with E-state index in [0.29, 0.717) is 12.0 Å². The number of esters is 2. The molecule has 0 aromatic heterocycles. The van der Waals surface area contributed by atoms with E-state index in [1.807, 2.05) is 6.92 Å². The summed E-state index contributed by atoms with van der Waals surface area (Å²) in [4.78, 5) is 23.2. The number of aliphatic hydroxyl groups is 1. The largest absolute Gasteiger partial charge is 0.393 e. The number of carbonyl (C=O) groups excluding carboxylic acids is 2. The predicted molar refractivity (Wildman–Crippen MR) is 116 cm³/mol. The van der Waals surface area contributed by atoms with Crippen LogP contribution in [0.1, 0.15) is 111 Å². The molecule has 0 bridgehead atoms. The molecule has 0 unspecified atom stereocenters. The zero-order chi connectivity index (χ0) is 21.0. The second kappa shape index (κ2) is 18.9. The van der Waals surface area contributed by atoms with Crippen molar-refractivity contribution in [3.63, 3.8) is 0 Å². The summed E-state index contributed by atoms with van der Waals surface area (Å²) in [6.45, 7) is 5.80. The zero-order valence-electron chi connectivity index (χ0n) is 18.4. The van der Waals surface area contributed by atoms with Crippen LogP contribution in [0.15, 0.2) is 23.8 Å². The molecule has 1 N–H and O–H groups in total. The van der Waals surface area contributed by atoms with Gasteiger partial charge in [-0.2, -0.15) is 0 Å². The standard InChI is InChI=1S/C24H42O4/c1-4-6-7-14-18-22(25)19-15-12-10-8-9-11-13-16-20-23(26)28-24(27)21(3)17-5-2/h12,15,17,22,25H,4-11,13-14,16,18-20H2,1-3H3/b15-12-,21-17?/t22-/m1/s1. The van der Waals surface area contributed by atoms with Gasteiger partial charge < -0.3 is 9.84 Å². The molecule has 1 atom stereocenters. The number of rotatable bonds is 17. The minimum atomic E-state index is -0.523. The van der Waals surface area contributed by atoms with E-state index in [9.17, 15) is 14.7 Å². The monoisotopic (exact) mass is 394 g/mol.